The largest absolute Gasteiger partial charge is 0.398 e. The molecule has 1 aliphatic rings. The van der Waals surface area contributed by atoms with E-state index in [0.29, 0.717) is 0 Å². The molecular formula is C11H17N3O. The highest BCUT2D eigenvalue weighted by Gasteiger charge is 2.16. The zero-order valence-electron chi connectivity index (χ0n) is 8.99. The summed E-state index contributed by atoms with van der Waals surface area (Å²) < 4.78 is 5.32. The van der Waals surface area contributed by atoms with Crippen molar-refractivity contribution >= 4 is 17.1 Å². The van der Waals surface area contributed by atoms with Gasteiger partial charge in [-0.25, -0.2) is 0 Å². The molecule has 0 amide bonds. The third kappa shape index (κ3) is 1.85. The molecule has 0 unspecified atom stereocenters. The third-order valence-electron chi connectivity index (χ3n) is 2.83. The SMILES string of the molecule is Cc1c(N)ccc(N)c1N1CCOCC1. The molecule has 0 bridgehead atoms. The van der Waals surface area contributed by atoms with Crippen molar-refractivity contribution in [1.82, 2.24) is 0 Å². The predicted octanol–water partition coefficient (Wildman–Crippen LogP) is 0.996. The Morgan fingerprint density at radius 1 is 1.13 bits per heavy atom. The van der Waals surface area contributed by atoms with Crippen LogP contribution in [0.4, 0.5) is 17.1 Å². The van der Waals surface area contributed by atoms with E-state index in [0.717, 1.165) is 48.9 Å². The summed E-state index contributed by atoms with van der Waals surface area (Å²) in [5.41, 5.74) is 15.6. The first-order chi connectivity index (χ1) is 7.20. The van der Waals surface area contributed by atoms with Gasteiger partial charge in [-0.05, 0) is 24.6 Å². The highest BCUT2D eigenvalue weighted by atomic mass is 16.5. The number of hydrogen-bond acceptors (Lipinski definition) is 4. The number of nitrogens with two attached hydrogens (primary N) is 2. The van der Waals surface area contributed by atoms with Crippen molar-refractivity contribution in [1.29, 1.82) is 0 Å². The average molecular weight is 207 g/mol. The molecular weight excluding hydrogens is 190 g/mol. The van der Waals surface area contributed by atoms with Gasteiger partial charge in [0.05, 0.1) is 24.6 Å². The molecule has 15 heavy (non-hydrogen) atoms. The Morgan fingerprint density at radius 2 is 1.73 bits per heavy atom. The van der Waals surface area contributed by atoms with Gasteiger partial charge in [0.1, 0.15) is 0 Å². The second-order valence-electron chi connectivity index (χ2n) is 3.82. The van der Waals surface area contributed by atoms with Crippen LogP contribution in [-0.4, -0.2) is 26.3 Å². The maximum absolute atomic E-state index is 5.98. The number of anilines is 3. The molecule has 82 valence electrons. The minimum absolute atomic E-state index is 0.758. The fourth-order valence-corrected chi connectivity index (χ4v) is 1.94. The van der Waals surface area contributed by atoms with Crippen LogP contribution in [0, 0.1) is 6.92 Å². The number of benzene rings is 1. The average Bonchev–Trinajstić information content (AvgIpc) is 2.26. The summed E-state index contributed by atoms with van der Waals surface area (Å²) in [6, 6.07) is 3.72. The third-order valence-corrected chi connectivity index (χ3v) is 2.83. The lowest BCUT2D eigenvalue weighted by Gasteiger charge is -2.31. The number of ether oxygens (including phenoxy) is 1. The van der Waals surface area contributed by atoms with Gasteiger partial charge in [-0.15, -0.1) is 0 Å². The van der Waals surface area contributed by atoms with E-state index >= 15 is 0 Å². The number of nitrogens with zero attached hydrogens (tertiary/aromatic N) is 1. The number of morpholine rings is 1. The van der Waals surface area contributed by atoms with Crippen molar-refractivity contribution in [3.05, 3.63) is 17.7 Å². The van der Waals surface area contributed by atoms with Crippen molar-refractivity contribution < 1.29 is 4.74 Å². The summed E-state index contributed by atoms with van der Waals surface area (Å²) in [7, 11) is 0. The Bertz CT molecular complexity index is 359. The quantitative estimate of drug-likeness (QED) is 0.674. The molecule has 1 aromatic carbocycles. The first kappa shape index (κ1) is 10.1. The van der Waals surface area contributed by atoms with Crippen LogP contribution in [0.25, 0.3) is 0 Å². The molecule has 2 rings (SSSR count). The molecule has 0 saturated carbocycles. The Morgan fingerprint density at radius 3 is 2.40 bits per heavy atom. The fourth-order valence-electron chi connectivity index (χ4n) is 1.94. The molecule has 1 heterocycles. The van der Waals surface area contributed by atoms with Crippen LogP contribution in [0.1, 0.15) is 5.56 Å². The molecule has 1 aliphatic heterocycles. The van der Waals surface area contributed by atoms with Gasteiger partial charge in [-0.2, -0.15) is 0 Å². The van der Waals surface area contributed by atoms with Crippen LogP contribution in [0.5, 0.6) is 0 Å². The van der Waals surface area contributed by atoms with Gasteiger partial charge in [0.2, 0.25) is 0 Å². The standard InChI is InChI=1S/C11H17N3O/c1-8-9(12)2-3-10(13)11(8)14-4-6-15-7-5-14/h2-3H,4-7,12-13H2,1H3. The van der Waals surface area contributed by atoms with Gasteiger partial charge in [0.25, 0.3) is 0 Å². The van der Waals surface area contributed by atoms with Crippen molar-refractivity contribution in [3.8, 4) is 0 Å². The van der Waals surface area contributed by atoms with Crippen molar-refractivity contribution in [2.75, 3.05) is 42.7 Å². The smallest absolute Gasteiger partial charge is 0.0651 e. The van der Waals surface area contributed by atoms with Gasteiger partial charge in [-0.3, -0.25) is 0 Å². The van der Waals surface area contributed by atoms with Crippen LogP contribution < -0.4 is 16.4 Å². The van der Waals surface area contributed by atoms with Crippen LogP contribution in [-0.2, 0) is 4.74 Å². The molecule has 0 aromatic heterocycles. The fraction of sp³-hybridized carbons (Fsp3) is 0.455. The first-order valence-electron chi connectivity index (χ1n) is 5.17. The number of rotatable bonds is 1. The van der Waals surface area contributed by atoms with E-state index in [1.807, 2.05) is 19.1 Å². The Balaban J connectivity index is 2.36. The molecule has 0 atom stereocenters. The second-order valence-corrected chi connectivity index (χ2v) is 3.82. The van der Waals surface area contributed by atoms with E-state index in [-0.39, 0.29) is 0 Å². The minimum atomic E-state index is 0.758. The maximum atomic E-state index is 5.98. The molecule has 0 spiro atoms. The van der Waals surface area contributed by atoms with Crippen molar-refractivity contribution in [2.24, 2.45) is 0 Å². The van der Waals surface area contributed by atoms with Gasteiger partial charge in [-0.1, -0.05) is 0 Å². The van der Waals surface area contributed by atoms with E-state index in [1.165, 1.54) is 0 Å². The van der Waals surface area contributed by atoms with Crippen molar-refractivity contribution in [3.63, 3.8) is 0 Å². The molecule has 4 heteroatoms. The molecule has 0 aliphatic carbocycles. The van der Waals surface area contributed by atoms with Crippen LogP contribution in [0.15, 0.2) is 12.1 Å². The van der Waals surface area contributed by atoms with Crippen LogP contribution >= 0.6 is 0 Å². The van der Waals surface area contributed by atoms with Crippen molar-refractivity contribution in [2.45, 2.75) is 6.92 Å². The zero-order valence-corrected chi connectivity index (χ0v) is 8.99. The zero-order chi connectivity index (χ0) is 10.8. The summed E-state index contributed by atoms with van der Waals surface area (Å²) >= 11 is 0. The van der Waals surface area contributed by atoms with Crippen LogP contribution in [0.3, 0.4) is 0 Å². The molecule has 1 saturated heterocycles. The number of nitrogen functional groups attached to an aromatic ring is 2. The summed E-state index contributed by atoms with van der Waals surface area (Å²) in [5, 5.41) is 0. The van der Waals surface area contributed by atoms with E-state index in [4.69, 9.17) is 16.2 Å². The Labute approximate surface area is 89.8 Å². The minimum Gasteiger partial charge on any atom is -0.398 e. The lowest BCUT2D eigenvalue weighted by molar-refractivity contribution is 0.122. The van der Waals surface area contributed by atoms with E-state index in [1.54, 1.807) is 0 Å². The molecule has 0 radical (unpaired) electrons. The lowest BCUT2D eigenvalue weighted by atomic mass is 10.1. The van der Waals surface area contributed by atoms with Gasteiger partial charge in [0, 0.05) is 18.8 Å². The van der Waals surface area contributed by atoms with Gasteiger partial charge < -0.3 is 21.1 Å². The highest BCUT2D eigenvalue weighted by molar-refractivity contribution is 5.77. The van der Waals surface area contributed by atoms with E-state index < -0.39 is 0 Å². The monoisotopic (exact) mass is 207 g/mol. The summed E-state index contributed by atoms with van der Waals surface area (Å²) in [6.45, 7) is 5.29. The summed E-state index contributed by atoms with van der Waals surface area (Å²) in [5.74, 6) is 0. The highest BCUT2D eigenvalue weighted by Crippen LogP contribution is 2.31. The molecule has 4 nitrogen and oxygen atoms in total. The van der Waals surface area contributed by atoms with E-state index in [9.17, 15) is 0 Å². The number of hydrogen-bond donors (Lipinski definition) is 2. The normalized spacial score (nSPS) is 16.7. The Kier molecular flexibility index (Phi) is 2.68. The van der Waals surface area contributed by atoms with Gasteiger partial charge in [0.15, 0.2) is 0 Å². The lowest BCUT2D eigenvalue weighted by Crippen LogP contribution is -2.37. The molecule has 1 fully saturated rings. The predicted molar refractivity (Wildman–Crippen MR) is 63.0 cm³/mol. The molecule has 4 N–H and O–H groups in total. The topological polar surface area (TPSA) is 64.5 Å². The van der Waals surface area contributed by atoms with Crippen LogP contribution in [0.2, 0.25) is 0 Å². The maximum Gasteiger partial charge on any atom is 0.0651 e. The van der Waals surface area contributed by atoms with Gasteiger partial charge >= 0.3 is 0 Å². The summed E-state index contributed by atoms with van der Waals surface area (Å²) in [6.07, 6.45) is 0. The summed E-state index contributed by atoms with van der Waals surface area (Å²) in [4.78, 5) is 2.24. The Hall–Kier alpha value is -1.42. The first-order valence-corrected chi connectivity index (χ1v) is 5.17. The molecule has 1 aromatic rings. The van der Waals surface area contributed by atoms with E-state index in [2.05, 4.69) is 4.90 Å². The second kappa shape index (κ2) is 3.98.